The highest BCUT2D eigenvalue weighted by Gasteiger charge is 2.10. The smallest absolute Gasteiger partial charge is 0.260 e. The first-order valence-corrected chi connectivity index (χ1v) is 9.04. The quantitative estimate of drug-likeness (QED) is 0.412. The van der Waals surface area contributed by atoms with E-state index in [2.05, 4.69) is 25.9 Å². The summed E-state index contributed by atoms with van der Waals surface area (Å²) in [7, 11) is 0. The molecule has 1 N–H and O–H groups in total. The van der Waals surface area contributed by atoms with Crippen LogP contribution in [0.4, 0.5) is 0 Å². The normalized spacial score (nSPS) is 11.0. The maximum absolute atomic E-state index is 12.1. The van der Waals surface area contributed by atoms with E-state index in [9.17, 15) is 9.59 Å². The molecule has 22 heavy (non-hydrogen) atoms. The highest BCUT2D eigenvalue weighted by molar-refractivity contribution is 9.10. The Kier molecular flexibility index (Phi) is 4.46. The minimum atomic E-state index is -0.159. The Balaban J connectivity index is 1.77. The minimum Gasteiger partial charge on any atom is -0.301 e. The van der Waals surface area contributed by atoms with E-state index in [0.29, 0.717) is 20.9 Å². The number of Topliss-reactive ketones (excluding diaryl/α,β-unsaturated/α-hetero) is 1. The van der Waals surface area contributed by atoms with Crippen LogP contribution in [0.2, 0.25) is 0 Å². The maximum atomic E-state index is 12.1. The highest BCUT2D eigenvalue weighted by Crippen LogP contribution is 2.23. The molecule has 7 heteroatoms. The van der Waals surface area contributed by atoms with Crippen LogP contribution in [0.1, 0.15) is 15.2 Å². The van der Waals surface area contributed by atoms with Gasteiger partial charge in [-0.2, -0.15) is 0 Å². The van der Waals surface area contributed by atoms with E-state index in [4.69, 9.17) is 0 Å². The number of carbonyl (C=O) groups is 1. The molecule has 112 valence electrons. The molecule has 0 radical (unpaired) electrons. The second kappa shape index (κ2) is 6.36. The predicted molar refractivity (Wildman–Crippen MR) is 94.2 cm³/mol. The molecule has 0 atom stereocenters. The molecule has 0 unspecified atom stereocenters. The number of thioether (sulfide) groups is 1. The van der Waals surface area contributed by atoms with Crippen LogP contribution in [0.15, 0.2) is 44.8 Å². The lowest BCUT2D eigenvalue weighted by Crippen LogP contribution is -2.09. The number of H-pyrrole nitrogens is 1. The zero-order valence-corrected chi connectivity index (χ0v) is 14.8. The fraction of sp³-hybridized carbons (Fsp3) is 0.133. The van der Waals surface area contributed by atoms with E-state index in [1.165, 1.54) is 23.1 Å². The summed E-state index contributed by atoms with van der Waals surface area (Å²) in [6.07, 6.45) is 0. The lowest BCUT2D eigenvalue weighted by atomic mass is 10.2. The van der Waals surface area contributed by atoms with Gasteiger partial charge in [0, 0.05) is 14.9 Å². The second-order valence-corrected chi connectivity index (χ2v) is 7.78. The SMILES string of the molecule is Cc1cc2c(=O)[nH]c(SCC(=O)c3ccc(Br)cc3)nc2s1. The monoisotopic (exact) mass is 394 g/mol. The van der Waals surface area contributed by atoms with Crippen LogP contribution in [-0.4, -0.2) is 21.5 Å². The van der Waals surface area contributed by atoms with Gasteiger partial charge in [0.25, 0.3) is 5.56 Å². The number of fused-ring (bicyclic) bond motifs is 1. The van der Waals surface area contributed by atoms with Crippen molar-refractivity contribution in [3.63, 3.8) is 0 Å². The summed E-state index contributed by atoms with van der Waals surface area (Å²) in [6, 6.07) is 9.04. The number of thiophene rings is 1. The third-order valence-corrected chi connectivity index (χ3v) is 5.36. The van der Waals surface area contributed by atoms with Gasteiger partial charge in [0.1, 0.15) is 4.83 Å². The molecule has 1 aromatic carbocycles. The first-order valence-electron chi connectivity index (χ1n) is 6.45. The van der Waals surface area contributed by atoms with Gasteiger partial charge in [-0.05, 0) is 25.1 Å². The van der Waals surface area contributed by atoms with Gasteiger partial charge < -0.3 is 4.98 Å². The molecule has 0 aliphatic heterocycles. The molecule has 0 aliphatic rings. The summed E-state index contributed by atoms with van der Waals surface area (Å²) in [6.45, 7) is 1.94. The molecule has 0 bridgehead atoms. The zero-order chi connectivity index (χ0) is 15.7. The Bertz CT molecular complexity index is 900. The average Bonchev–Trinajstić information content (AvgIpc) is 2.86. The minimum absolute atomic E-state index is 0.00241. The van der Waals surface area contributed by atoms with Crippen LogP contribution in [-0.2, 0) is 0 Å². The lowest BCUT2D eigenvalue weighted by molar-refractivity contribution is 0.102. The molecule has 0 spiro atoms. The van der Waals surface area contributed by atoms with Gasteiger partial charge in [0.15, 0.2) is 10.9 Å². The van der Waals surface area contributed by atoms with E-state index >= 15 is 0 Å². The van der Waals surface area contributed by atoms with Crippen molar-refractivity contribution in [1.82, 2.24) is 9.97 Å². The van der Waals surface area contributed by atoms with Crippen molar-refractivity contribution in [1.29, 1.82) is 0 Å². The molecule has 0 fully saturated rings. The van der Waals surface area contributed by atoms with Crippen molar-refractivity contribution in [2.24, 2.45) is 0 Å². The Labute approximate surface area is 143 Å². The van der Waals surface area contributed by atoms with Crippen LogP contribution in [0.25, 0.3) is 10.2 Å². The molecule has 3 aromatic rings. The summed E-state index contributed by atoms with van der Waals surface area (Å²) in [5.41, 5.74) is 0.485. The predicted octanol–water partition coefficient (Wildman–Crippen LogP) is 4.03. The van der Waals surface area contributed by atoms with Crippen molar-refractivity contribution >= 4 is 55.0 Å². The molecule has 0 saturated heterocycles. The molecule has 3 rings (SSSR count). The molecule has 2 aromatic heterocycles. The number of carbonyl (C=O) groups excluding carboxylic acids is 1. The van der Waals surface area contributed by atoms with Crippen molar-refractivity contribution in [2.75, 3.05) is 5.75 Å². The fourth-order valence-corrected chi connectivity index (χ4v) is 3.91. The number of nitrogens with one attached hydrogen (secondary N) is 1. The van der Waals surface area contributed by atoms with Crippen LogP contribution >= 0.6 is 39.0 Å². The summed E-state index contributed by atoms with van der Waals surface area (Å²) >= 11 is 6.06. The lowest BCUT2D eigenvalue weighted by Gasteiger charge is -2.01. The third-order valence-electron chi connectivity index (χ3n) is 3.01. The third kappa shape index (κ3) is 3.31. The Hall–Kier alpha value is -1.44. The molecular formula is C15H11BrN2O2S2. The van der Waals surface area contributed by atoms with E-state index < -0.39 is 0 Å². The number of aromatic nitrogens is 2. The van der Waals surface area contributed by atoms with Gasteiger partial charge in [-0.25, -0.2) is 4.98 Å². The summed E-state index contributed by atoms with van der Waals surface area (Å²) < 4.78 is 0.932. The number of aromatic amines is 1. The molecule has 2 heterocycles. The summed E-state index contributed by atoms with van der Waals surface area (Å²) in [5, 5.41) is 1.08. The van der Waals surface area contributed by atoms with Gasteiger partial charge in [-0.1, -0.05) is 39.8 Å². The number of benzene rings is 1. The molecular weight excluding hydrogens is 384 g/mol. The van der Waals surface area contributed by atoms with Crippen LogP contribution in [0.3, 0.4) is 0 Å². The zero-order valence-electron chi connectivity index (χ0n) is 11.6. The molecule has 4 nitrogen and oxygen atoms in total. The average molecular weight is 395 g/mol. The Morgan fingerprint density at radius 2 is 2.09 bits per heavy atom. The van der Waals surface area contributed by atoms with Gasteiger partial charge in [-0.3, -0.25) is 9.59 Å². The van der Waals surface area contributed by atoms with Crippen molar-refractivity contribution < 1.29 is 4.79 Å². The molecule has 0 amide bonds. The van der Waals surface area contributed by atoms with Gasteiger partial charge >= 0.3 is 0 Å². The number of halogens is 1. The summed E-state index contributed by atoms with van der Waals surface area (Å²) in [5.74, 6) is 0.239. The number of rotatable bonds is 4. The first kappa shape index (κ1) is 15.5. The van der Waals surface area contributed by atoms with Gasteiger partial charge in [0.05, 0.1) is 11.1 Å². The highest BCUT2D eigenvalue weighted by atomic mass is 79.9. The number of aryl methyl sites for hydroxylation is 1. The first-order chi connectivity index (χ1) is 10.5. The van der Waals surface area contributed by atoms with Crippen LogP contribution in [0, 0.1) is 6.92 Å². The van der Waals surface area contributed by atoms with Crippen molar-refractivity contribution in [3.05, 3.63) is 55.6 Å². The summed E-state index contributed by atoms with van der Waals surface area (Å²) in [4.78, 5) is 33.0. The second-order valence-electron chi connectivity index (χ2n) is 4.67. The van der Waals surface area contributed by atoms with Gasteiger partial charge in [0.2, 0.25) is 0 Å². The van der Waals surface area contributed by atoms with Crippen molar-refractivity contribution in [2.45, 2.75) is 12.1 Å². The number of hydrogen-bond acceptors (Lipinski definition) is 5. The number of nitrogens with zero attached hydrogens (tertiary/aromatic N) is 1. The fourth-order valence-electron chi connectivity index (χ4n) is 1.95. The Morgan fingerprint density at radius 3 is 2.82 bits per heavy atom. The number of hydrogen-bond donors (Lipinski definition) is 1. The number of ketones is 1. The van der Waals surface area contributed by atoms with Crippen LogP contribution < -0.4 is 5.56 Å². The molecule has 0 aliphatic carbocycles. The topological polar surface area (TPSA) is 62.8 Å². The molecule has 0 saturated carbocycles. The maximum Gasteiger partial charge on any atom is 0.260 e. The largest absolute Gasteiger partial charge is 0.301 e. The van der Waals surface area contributed by atoms with E-state index in [0.717, 1.165) is 9.35 Å². The van der Waals surface area contributed by atoms with E-state index in [1.807, 2.05) is 25.1 Å². The van der Waals surface area contributed by atoms with E-state index in [1.54, 1.807) is 12.1 Å². The van der Waals surface area contributed by atoms with E-state index in [-0.39, 0.29) is 17.1 Å². The van der Waals surface area contributed by atoms with Crippen molar-refractivity contribution in [3.8, 4) is 0 Å². The standard InChI is InChI=1S/C15H11BrN2O2S2/c1-8-6-11-13(20)17-15(18-14(11)22-8)21-7-12(19)9-2-4-10(16)5-3-9/h2-6H,7H2,1H3,(H,17,18,20). The van der Waals surface area contributed by atoms with Gasteiger partial charge in [-0.15, -0.1) is 11.3 Å². The Morgan fingerprint density at radius 1 is 1.36 bits per heavy atom. The van der Waals surface area contributed by atoms with Crippen LogP contribution in [0.5, 0.6) is 0 Å².